The Morgan fingerprint density at radius 2 is 1.65 bits per heavy atom. The fourth-order valence-corrected chi connectivity index (χ4v) is 4.16. The van der Waals surface area contributed by atoms with Gasteiger partial charge in [-0.1, -0.05) is 42.5 Å². The summed E-state index contributed by atoms with van der Waals surface area (Å²) in [5, 5.41) is 14.9. The molecule has 6 nitrogen and oxygen atoms in total. The Morgan fingerprint density at radius 3 is 2.44 bits per heavy atom. The van der Waals surface area contributed by atoms with Crippen molar-refractivity contribution in [2.45, 2.75) is 12.0 Å². The fraction of sp³-hybridized carbons (Fsp3) is 0.259. The Hall–Kier alpha value is -3.55. The molecule has 0 amide bonds. The Morgan fingerprint density at radius 1 is 0.882 bits per heavy atom. The quantitative estimate of drug-likeness (QED) is 0.305. The standard InChI is InChI=1S/C27H29FN2O4/c1-32-26-13-7-9-20(27(26)33-2)21(22-16-30-24-11-5-3-8-19(22)24)15-29-14-18(31)17-34-25-12-6-4-10-23(25)28/h3-13,16,18,21,29-31H,14-15,17H2,1-2H3. The minimum absolute atomic E-state index is 0.0197. The van der Waals surface area contributed by atoms with Crippen molar-refractivity contribution in [3.05, 3.63) is 89.9 Å². The lowest BCUT2D eigenvalue weighted by molar-refractivity contribution is 0.104. The molecule has 3 aromatic carbocycles. The van der Waals surface area contributed by atoms with E-state index in [9.17, 15) is 9.50 Å². The lowest BCUT2D eigenvalue weighted by atomic mass is 9.89. The molecule has 0 spiro atoms. The molecule has 0 radical (unpaired) electrons. The van der Waals surface area contributed by atoms with Crippen molar-refractivity contribution < 1.29 is 23.7 Å². The minimum atomic E-state index is -0.810. The van der Waals surface area contributed by atoms with Crippen molar-refractivity contribution in [1.82, 2.24) is 10.3 Å². The molecule has 0 fully saturated rings. The van der Waals surface area contributed by atoms with Crippen LogP contribution in [0.2, 0.25) is 0 Å². The van der Waals surface area contributed by atoms with Crippen LogP contribution in [-0.2, 0) is 0 Å². The molecule has 0 aliphatic rings. The maximum Gasteiger partial charge on any atom is 0.165 e. The van der Waals surface area contributed by atoms with Crippen molar-refractivity contribution in [2.75, 3.05) is 33.9 Å². The molecule has 1 heterocycles. The molecule has 7 heteroatoms. The van der Waals surface area contributed by atoms with Gasteiger partial charge in [-0.3, -0.25) is 0 Å². The highest BCUT2D eigenvalue weighted by atomic mass is 19.1. The number of fused-ring (bicyclic) bond motifs is 1. The molecule has 1 aromatic heterocycles. The molecule has 2 atom stereocenters. The zero-order valence-electron chi connectivity index (χ0n) is 19.3. The largest absolute Gasteiger partial charge is 0.493 e. The summed E-state index contributed by atoms with van der Waals surface area (Å²) < 4.78 is 30.4. The zero-order valence-corrected chi connectivity index (χ0v) is 19.3. The third-order valence-corrected chi connectivity index (χ3v) is 5.80. The number of benzene rings is 3. The number of aliphatic hydroxyl groups is 1. The van der Waals surface area contributed by atoms with Gasteiger partial charge < -0.3 is 29.6 Å². The summed E-state index contributed by atoms with van der Waals surface area (Å²) in [6.07, 6.45) is 1.20. The monoisotopic (exact) mass is 464 g/mol. The van der Waals surface area contributed by atoms with Gasteiger partial charge in [0.15, 0.2) is 23.1 Å². The first-order chi connectivity index (χ1) is 16.6. The fourth-order valence-electron chi connectivity index (χ4n) is 4.16. The first-order valence-corrected chi connectivity index (χ1v) is 11.1. The first-order valence-electron chi connectivity index (χ1n) is 11.1. The highest BCUT2D eigenvalue weighted by Crippen LogP contribution is 2.40. The van der Waals surface area contributed by atoms with Crippen LogP contribution in [0.1, 0.15) is 17.0 Å². The van der Waals surface area contributed by atoms with E-state index in [4.69, 9.17) is 14.2 Å². The maximum absolute atomic E-state index is 13.8. The van der Waals surface area contributed by atoms with Crippen molar-refractivity contribution in [1.29, 1.82) is 0 Å². The molecule has 3 N–H and O–H groups in total. The van der Waals surface area contributed by atoms with Crippen LogP contribution in [0.4, 0.5) is 4.39 Å². The molecular weight excluding hydrogens is 435 g/mol. The summed E-state index contributed by atoms with van der Waals surface area (Å²) in [7, 11) is 3.25. The number of ether oxygens (including phenoxy) is 3. The molecule has 178 valence electrons. The second-order valence-corrected chi connectivity index (χ2v) is 7.98. The first kappa shape index (κ1) is 23.6. The predicted octanol–water partition coefficient (Wildman–Crippen LogP) is 4.49. The van der Waals surface area contributed by atoms with E-state index >= 15 is 0 Å². The predicted molar refractivity (Wildman–Crippen MR) is 130 cm³/mol. The number of nitrogens with one attached hydrogen (secondary N) is 2. The number of para-hydroxylation sites is 3. The van der Waals surface area contributed by atoms with E-state index < -0.39 is 11.9 Å². The molecule has 34 heavy (non-hydrogen) atoms. The van der Waals surface area contributed by atoms with E-state index in [1.165, 1.54) is 12.1 Å². The number of halogens is 1. The van der Waals surface area contributed by atoms with Gasteiger partial charge >= 0.3 is 0 Å². The van der Waals surface area contributed by atoms with Crippen LogP contribution in [0.25, 0.3) is 10.9 Å². The average Bonchev–Trinajstić information content (AvgIpc) is 3.29. The van der Waals surface area contributed by atoms with Crippen molar-refractivity contribution in [2.24, 2.45) is 0 Å². The average molecular weight is 465 g/mol. The molecule has 0 saturated heterocycles. The topological polar surface area (TPSA) is 75.7 Å². The van der Waals surface area contributed by atoms with Gasteiger partial charge in [0.25, 0.3) is 0 Å². The number of rotatable bonds is 11. The van der Waals surface area contributed by atoms with Crippen LogP contribution >= 0.6 is 0 Å². The molecule has 0 bridgehead atoms. The summed E-state index contributed by atoms with van der Waals surface area (Å²) in [6, 6.07) is 20.1. The number of aromatic nitrogens is 1. The Labute approximate surface area is 198 Å². The van der Waals surface area contributed by atoms with Crippen LogP contribution in [-0.4, -0.2) is 50.1 Å². The van der Waals surface area contributed by atoms with Gasteiger partial charge in [0, 0.05) is 41.7 Å². The molecule has 2 unspecified atom stereocenters. The van der Waals surface area contributed by atoms with E-state index in [-0.39, 0.29) is 24.8 Å². The molecule has 4 aromatic rings. The minimum Gasteiger partial charge on any atom is -0.493 e. The van der Waals surface area contributed by atoms with Gasteiger partial charge in [0.1, 0.15) is 12.7 Å². The third-order valence-electron chi connectivity index (χ3n) is 5.80. The summed E-state index contributed by atoms with van der Waals surface area (Å²) in [6.45, 7) is 0.788. The lowest BCUT2D eigenvalue weighted by Crippen LogP contribution is -2.34. The summed E-state index contributed by atoms with van der Waals surface area (Å²) in [5.41, 5.74) is 3.12. The van der Waals surface area contributed by atoms with Gasteiger partial charge in [0.2, 0.25) is 0 Å². The van der Waals surface area contributed by atoms with Crippen molar-refractivity contribution >= 4 is 10.9 Å². The Bertz CT molecular complexity index is 1230. The number of aromatic amines is 1. The summed E-state index contributed by atoms with van der Waals surface area (Å²) >= 11 is 0. The second-order valence-electron chi connectivity index (χ2n) is 7.98. The molecule has 0 saturated carbocycles. The number of hydrogen-bond donors (Lipinski definition) is 3. The van der Waals surface area contributed by atoms with Gasteiger partial charge in [-0.05, 0) is 29.8 Å². The van der Waals surface area contributed by atoms with Crippen LogP contribution in [0.15, 0.2) is 72.9 Å². The second kappa shape index (κ2) is 11.0. The van der Waals surface area contributed by atoms with Crippen LogP contribution < -0.4 is 19.5 Å². The zero-order chi connectivity index (χ0) is 23.9. The number of aliphatic hydroxyl groups excluding tert-OH is 1. The van der Waals surface area contributed by atoms with Crippen molar-refractivity contribution in [3.8, 4) is 17.2 Å². The highest BCUT2D eigenvalue weighted by Gasteiger charge is 2.23. The summed E-state index contributed by atoms with van der Waals surface area (Å²) in [5.74, 6) is 0.918. The van der Waals surface area contributed by atoms with Crippen LogP contribution in [0.5, 0.6) is 17.2 Å². The van der Waals surface area contributed by atoms with E-state index in [0.717, 1.165) is 22.0 Å². The van der Waals surface area contributed by atoms with E-state index in [1.54, 1.807) is 26.4 Å². The van der Waals surface area contributed by atoms with E-state index in [1.807, 2.05) is 42.6 Å². The van der Waals surface area contributed by atoms with Crippen LogP contribution in [0.3, 0.4) is 0 Å². The lowest BCUT2D eigenvalue weighted by Gasteiger charge is -2.23. The molecule has 0 aliphatic heterocycles. The smallest absolute Gasteiger partial charge is 0.165 e. The van der Waals surface area contributed by atoms with E-state index in [0.29, 0.717) is 18.0 Å². The van der Waals surface area contributed by atoms with Gasteiger partial charge in [-0.2, -0.15) is 0 Å². The third kappa shape index (κ3) is 5.16. The van der Waals surface area contributed by atoms with Crippen molar-refractivity contribution in [3.63, 3.8) is 0 Å². The molecule has 4 rings (SSSR count). The van der Waals surface area contributed by atoms with Crippen LogP contribution in [0, 0.1) is 5.82 Å². The number of methoxy groups -OCH3 is 2. The highest BCUT2D eigenvalue weighted by molar-refractivity contribution is 5.84. The maximum atomic E-state index is 13.8. The molecule has 0 aliphatic carbocycles. The summed E-state index contributed by atoms with van der Waals surface area (Å²) in [4.78, 5) is 3.34. The normalized spacial score (nSPS) is 12.9. The molecular formula is C27H29FN2O4. The SMILES string of the molecule is COc1cccc(C(CNCC(O)COc2ccccc2F)c2c[nH]c3ccccc23)c1OC. The van der Waals surface area contributed by atoms with E-state index in [2.05, 4.69) is 16.4 Å². The van der Waals surface area contributed by atoms with Gasteiger partial charge in [-0.15, -0.1) is 0 Å². The number of hydrogen-bond acceptors (Lipinski definition) is 5. The van der Waals surface area contributed by atoms with Gasteiger partial charge in [-0.25, -0.2) is 4.39 Å². The Kier molecular flexibility index (Phi) is 7.67. The Balaban J connectivity index is 1.52. The van der Waals surface area contributed by atoms with Gasteiger partial charge in [0.05, 0.1) is 14.2 Å². The number of H-pyrrole nitrogens is 1.